The van der Waals surface area contributed by atoms with Gasteiger partial charge in [0.25, 0.3) is 0 Å². The number of piperazine rings is 1. The van der Waals surface area contributed by atoms with Crippen molar-refractivity contribution in [3.05, 3.63) is 29.8 Å². The fraction of sp³-hybridized carbons (Fsp3) is 0.667. The molecule has 0 saturated carbocycles. The number of benzene rings is 1. The molecule has 31 heavy (non-hydrogen) atoms. The topological polar surface area (TPSA) is 48.1 Å². The number of nitrogens with one attached hydrogen (secondary N) is 1. The Morgan fingerprint density at radius 1 is 1.13 bits per heavy atom. The number of urea groups is 1. The number of nitrogens with zero attached hydrogens (tertiary/aromatic N) is 3. The van der Waals surface area contributed by atoms with E-state index in [4.69, 9.17) is 4.74 Å². The van der Waals surface area contributed by atoms with Crippen LogP contribution in [0, 0.1) is 0 Å². The van der Waals surface area contributed by atoms with Gasteiger partial charge in [0, 0.05) is 62.8 Å². The molecule has 2 amide bonds. The van der Waals surface area contributed by atoms with Crippen LogP contribution in [0.4, 0.5) is 23.7 Å². The molecule has 3 heterocycles. The van der Waals surface area contributed by atoms with Crippen molar-refractivity contribution in [3.63, 3.8) is 0 Å². The Hall–Kier alpha value is -1.65. The number of ether oxygens (including phenoxy) is 1. The van der Waals surface area contributed by atoms with Crippen LogP contribution in [-0.4, -0.2) is 91.9 Å². The molecular formula is C21H29F3N4O2S. The second-order valence-electron chi connectivity index (χ2n) is 8.31. The molecule has 6 nitrogen and oxygen atoms in total. The summed E-state index contributed by atoms with van der Waals surface area (Å²) in [5.74, 6) is 2.11. The molecule has 0 radical (unpaired) electrons. The number of hydrogen-bond acceptors (Lipinski definition) is 5. The molecule has 172 valence electrons. The normalized spacial score (nSPS) is 25.6. The van der Waals surface area contributed by atoms with Crippen molar-refractivity contribution in [2.45, 2.75) is 18.1 Å². The van der Waals surface area contributed by atoms with Gasteiger partial charge in [0.1, 0.15) is 0 Å². The van der Waals surface area contributed by atoms with E-state index in [-0.39, 0.29) is 11.6 Å². The standard InChI is InChI=1S/C21H29F3N4O2S/c22-21(23,24)17-2-1-3-18(14-17)26-5-7-27(8-6-26)19(29)25-15-20(4-13-31-16-20)28-9-11-30-12-10-28/h1-3,14H,4-13,15-16H2,(H,25,29). The summed E-state index contributed by atoms with van der Waals surface area (Å²) in [6.45, 7) is 5.88. The molecule has 3 aliphatic rings. The number of rotatable bonds is 4. The average molecular weight is 459 g/mol. The van der Waals surface area contributed by atoms with Gasteiger partial charge < -0.3 is 19.9 Å². The maximum absolute atomic E-state index is 13.0. The zero-order valence-corrected chi connectivity index (χ0v) is 18.3. The van der Waals surface area contributed by atoms with Crippen LogP contribution in [-0.2, 0) is 10.9 Å². The molecule has 3 saturated heterocycles. The zero-order chi connectivity index (χ0) is 21.9. The summed E-state index contributed by atoms with van der Waals surface area (Å²) < 4.78 is 44.5. The smallest absolute Gasteiger partial charge is 0.379 e. The summed E-state index contributed by atoms with van der Waals surface area (Å²) in [4.78, 5) is 18.9. The van der Waals surface area contributed by atoms with E-state index in [1.54, 1.807) is 11.0 Å². The third-order valence-electron chi connectivity index (χ3n) is 6.44. The molecule has 1 aromatic rings. The van der Waals surface area contributed by atoms with E-state index in [1.807, 2.05) is 16.7 Å². The Labute approximate surface area is 185 Å². The fourth-order valence-electron chi connectivity index (χ4n) is 4.53. The summed E-state index contributed by atoms with van der Waals surface area (Å²) in [5.41, 5.74) is -0.110. The molecule has 1 N–H and O–H groups in total. The minimum Gasteiger partial charge on any atom is -0.379 e. The number of anilines is 1. The summed E-state index contributed by atoms with van der Waals surface area (Å²) in [6.07, 6.45) is -3.30. The van der Waals surface area contributed by atoms with Gasteiger partial charge in [-0.15, -0.1) is 0 Å². The highest BCUT2D eigenvalue weighted by Crippen LogP contribution is 2.34. The van der Waals surface area contributed by atoms with Crippen LogP contribution in [0.5, 0.6) is 0 Å². The van der Waals surface area contributed by atoms with Gasteiger partial charge in [-0.05, 0) is 30.4 Å². The molecule has 0 aromatic heterocycles. The third kappa shape index (κ3) is 5.23. The third-order valence-corrected chi connectivity index (χ3v) is 7.67. The van der Waals surface area contributed by atoms with E-state index in [0.29, 0.717) is 38.4 Å². The average Bonchev–Trinajstić information content (AvgIpc) is 3.28. The molecule has 10 heteroatoms. The quantitative estimate of drug-likeness (QED) is 0.752. The Kier molecular flexibility index (Phi) is 6.88. The number of halogens is 3. The van der Waals surface area contributed by atoms with Gasteiger partial charge >= 0.3 is 12.2 Å². The maximum Gasteiger partial charge on any atom is 0.416 e. The lowest BCUT2D eigenvalue weighted by Crippen LogP contribution is -2.61. The van der Waals surface area contributed by atoms with Crippen molar-refractivity contribution in [1.29, 1.82) is 0 Å². The van der Waals surface area contributed by atoms with Gasteiger partial charge in [0.15, 0.2) is 0 Å². The van der Waals surface area contributed by atoms with E-state index in [9.17, 15) is 18.0 Å². The molecule has 0 spiro atoms. The number of amides is 2. The van der Waals surface area contributed by atoms with Gasteiger partial charge in [-0.25, -0.2) is 4.79 Å². The highest BCUT2D eigenvalue weighted by atomic mass is 32.2. The van der Waals surface area contributed by atoms with Gasteiger partial charge in [-0.3, -0.25) is 4.90 Å². The van der Waals surface area contributed by atoms with Crippen molar-refractivity contribution in [3.8, 4) is 0 Å². The van der Waals surface area contributed by atoms with Gasteiger partial charge in [0.2, 0.25) is 0 Å². The number of morpholine rings is 1. The molecule has 3 fully saturated rings. The first kappa shape index (κ1) is 22.5. The molecular weight excluding hydrogens is 429 g/mol. The largest absolute Gasteiger partial charge is 0.416 e. The SMILES string of the molecule is O=C(NCC1(N2CCOCC2)CCSC1)N1CCN(c2cccc(C(F)(F)F)c2)CC1. The Bertz CT molecular complexity index is 759. The molecule has 0 bridgehead atoms. The number of alkyl halides is 3. The van der Waals surface area contributed by atoms with E-state index >= 15 is 0 Å². The van der Waals surface area contributed by atoms with Crippen LogP contribution in [0.2, 0.25) is 0 Å². The lowest BCUT2D eigenvalue weighted by atomic mass is 9.95. The van der Waals surface area contributed by atoms with E-state index in [1.165, 1.54) is 12.1 Å². The lowest BCUT2D eigenvalue weighted by molar-refractivity contribution is -0.137. The van der Waals surface area contributed by atoms with E-state index in [2.05, 4.69) is 10.2 Å². The molecule has 0 aliphatic carbocycles. The van der Waals surface area contributed by atoms with Crippen LogP contribution in [0.15, 0.2) is 24.3 Å². The van der Waals surface area contributed by atoms with Crippen LogP contribution < -0.4 is 10.2 Å². The highest BCUT2D eigenvalue weighted by Gasteiger charge is 2.41. The number of thioether (sulfide) groups is 1. The van der Waals surface area contributed by atoms with Crippen molar-refractivity contribution < 1.29 is 22.7 Å². The van der Waals surface area contributed by atoms with Crippen LogP contribution in [0.25, 0.3) is 0 Å². The second-order valence-corrected chi connectivity index (χ2v) is 9.41. The van der Waals surface area contributed by atoms with Gasteiger partial charge in [-0.2, -0.15) is 24.9 Å². The molecule has 1 aromatic carbocycles. The summed E-state index contributed by atoms with van der Waals surface area (Å²) in [5, 5.41) is 3.14. The molecule has 4 rings (SSSR count). The van der Waals surface area contributed by atoms with Crippen LogP contribution in [0.3, 0.4) is 0 Å². The van der Waals surface area contributed by atoms with E-state index < -0.39 is 11.7 Å². The van der Waals surface area contributed by atoms with Gasteiger partial charge in [0.05, 0.1) is 18.8 Å². The molecule has 3 aliphatic heterocycles. The second kappa shape index (κ2) is 9.46. The molecule has 1 unspecified atom stereocenters. The van der Waals surface area contributed by atoms with Crippen LogP contribution >= 0.6 is 11.8 Å². The first-order chi connectivity index (χ1) is 14.9. The minimum atomic E-state index is -4.35. The fourth-order valence-corrected chi connectivity index (χ4v) is 6.01. The Morgan fingerprint density at radius 2 is 1.87 bits per heavy atom. The Balaban J connectivity index is 1.30. The van der Waals surface area contributed by atoms with Crippen LogP contribution in [0.1, 0.15) is 12.0 Å². The Morgan fingerprint density at radius 3 is 2.52 bits per heavy atom. The van der Waals surface area contributed by atoms with Crippen molar-refractivity contribution in [1.82, 2.24) is 15.1 Å². The first-order valence-corrected chi connectivity index (χ1v) is 11.9. The summed E-state index contributed by atoms with van der Waals surface area (Å²) in [6, 6.07) is 5.29. The summed E-state index contributed by atoms with van der Waals surface area (Å²) >= 11 is 1.93. The van der Waals surface area contributed by atoms with Gasteiger partial charge in [-0.1, -0.05) is 6.07 Å². The van der Waals surface area contributed by atoms with Crippen molar-refractivity contribution in [2.24, 2.45) is 0 Å². The minimum absolute atomic E-state index is 0.00996. The molecule has 1 atom stereocenters. The van der Waals surface area contributed by atoms with Crippen molar-refractivity contribution in [2.75, 3.05) is 75.4 Å². The predicted octanol–water partition coefficient (Wildman–Crippen LogP) is 2.74. The number of carbonyl (C=O) groups is 1. The maximum atomic E-state index is 13.0. The zero-order valence-electron chi connectivity index (χ0n) is 17.5. The summed E-state index contributed by atoms with van der Waals surface area (Å²) in [7, 11) is 0. The van der Waals surface area contributed by atoms with Crippen molar-refractivity contribution >= 4 is 23.5 Å². The number of hydrogen-bond donors (Lipinski definition) is 1. The first-order valence-electron chi connectivity index (χ1n) is 10.7. The highest BCUT2D eigenvalue weighted by molar-refractivity contribution is 7.99. The monoisotopic (exact) mass is 458 g/mol. The number of carbonyl (C=O) groups excluding carboxylic acids is 1. The van der Waals surface area contributed by atoms with E-state index in [0.717, 1.165) is 50.3 Å². The lowest BCUT2D eigenvalue weighted by Gasteiger charge is -2.43. The predicted molar refractivity (Wildman–Crippen MR) is 116 cm³/mol.